The number of carbonyl (C=O) groups is 1. The Morgan fingerprint density at radius 3 is 2.45 bits per heavy atom. The summed E-state index contributed by atoms with van der Waals surface area (Å²) in [5.74, 6) is -0.529. The molecule has 5 heteroatoms. The van der Waals surface area contributed by atoms with Crippen LogP contribution in [-0.4, -0.2) is 40.6 Å². The second kappa shape index (κ2) is 8.68. The van der Waals surface area contributed by atoms with E-state index in [1.807, 2.05) is 12.1 Å². The van der Waals surface area contributed by atoms with Crippen molar-refractivity contribution in [2.24, 2.45) is 0 Å². The van der Waals surface area contributed by atoms with Crippen LogP contribution < -0.4 is 0 Å². The molecule has 0 heterocycles. The van der Waals surface area contributed by atoms with Crippen LogP contribution in [0, 0.1) is 0 Å². The van der Waals surface area contributed by atoms with Gasteiger partial charge in [0.05, 0.1) is 19.1 Å². The summed E-state index contributed by atoms with van der Waals surface area (Å²) in [6.45, 7) is 2.08. The fraction of sp³-hybridized carbons (Fsp3) is 0.533. The number of rotatable bonds is 8. The molecule has 112 valence electrons. The number of ether oxygens (including phenoxy) is 1. The first-order valence-corrected chi connectivity index (χ1v) is 6.80. The predicted octanol–water partition coefficient (Wildman–Crippen LogP) is 0.959. The average molecular weight is 282 g/mol. The molecule has 1 rings (SSSR count). The fourth-order valence-corrected chi connectivity index (χ4v) is 1.89. The van der Waals surface area contributed by atoms with Crippen molar-refractivity contribution in [3.05, 3.63) is 35.4 Å². The van der Waals surface area contributed by atoms with E-state index in [1.54, 1.807) is 19.1 Å². The first-order valence-electron chi connectivity index (χ1n) is 6.80. The Kier molecular flexibility index (Phi) is 7.22. The smallest absolute Gasteiger partial charge is 0.308 e. The molecule has 0 fully saturated rings. The SMILES string of the molecule is CCOC(=O)CC(O)C(O)c1ccc(CCCO)cc1. The molecule has 0 spiro atoms. The molecular weight excluding hydrogens is 260 g/mol. The largest absolute Gasteiger partial charge is 0.466 e. The molecule has 0 aliphatic rings. The highest BCUT2D eigenvalue weighted by molar-refractivity contribution is 5.70. The summed E-state index contributed by atoms with van der Waals surface area (Å²) in [5, 5.41) is 28.5. The Morgan fingerprint density at radius 2 is 1.90 bits per heavy atom. The molecule has 0 aliphatic carbocycles. The third-order valence-corrected chi connectivity index (χ3v) is 2.99. The third-order valence-electron chi connectivity index (χ3n) is 2.99. The van der Waals surface area contributed by atoms with Gasteiger partial charge in [0.1, 0.15) is 6.10 Å². The first-order chi connectivity index (χ1) is 9.58. The molecule has 0 radical (unpaired) electrons. The minimum Gasteiger partial charge on any atom is -0.466 e. The number of aliphatic hydroxyl groups excluding tert-OH is 3. The Morgan fingerprint density at radius 1 is 1.25 bits per heavy atom. The molecule has 5 nitrogen and oxygen atoms in total. The highest BCUT2D eigenvalue weighted by Crippen LogP contribution is 2.20. The lowest BCUT2D eigenvalue weighted by Gasteiger charge is -2.17. The zero-order valence-electron chi connectivity index (χ0n) is 11.7. The van der Waals surface area contributed by atoms with Gasteiger partial charge in [0, 0.05) is 6.61 Å². The normalized spacial score (nSPS) is 13.8. The van der Waals surface area contributed by atoms with Crippen molar-refractivity contribution in [3.63, 3.8) is 0 Å². The van der Waals surface area contributed by atoms with Crippen LogP contribution in [0.15, 0.2) is 24.3 Å². The molecule has 1 aromatic carbocycles. The van der Waals surface area contributed by atoms with E-state index in [2.05, 4.69) is 0 Å². The Balaban J connectivity index is 2.57. The van der Waals surface area contributed by atoms with Crippen molar-refractivity contribution in [2.45, 2.75) is 38.4 Å². The molecule has 0 saturated carbocycles. The Bertz CT molecular complexity index is 401. The number of aryl methyl sites for hydroxylation is 1. The van der Waals surface area contributed by atoms with Crippen LogP contribution in [0.4, 0.5) is 0 Å². The van der Waals surface area contributed by atoms with Gasteiger partial charge in [0.2, 0.25) is 0 Å². The lowest BCUT2D eigenvalue weighted by molar-refractivity contribution is -0.147. The van der Waals surface area contributed by atoms with Gasteiger partial charge in [-0.05, 0) is 30.9 Å². The van der Waals surface area contributed by atoms with E-state index in [1.165, 1.54) is 0 Å². The summed E-state index contributed by atoms with van der Waals surface area (Å²) >= 11 is 0. The van der Waals surface area contributed by atoms with Crippen LogP contribution >= 0.6 is 0 Å². The Hall–Kier alpha value is -1.43. The molecule has 0 amide bonds. The van der Waals surface area contributed by atoms with E-state index < -0.39 is 18.2 Å². The fourth-order valence-electron chi connectivity index (χ4n) is 1.89. The van der Waals surface area contributed by atoms with Crippen molar-refractivity contribution in [2.75, 3.05) is 13.2 Å². The van der Waals surface area contributed by atoms with Gasteiger partial charge in [-0.3, -0.25) is 4.79 Å². The minimum atomic E-state index is -1.18. The van der Waals surface area contributed by atoms with Gasteiger partial charge in [0.15, 0.2) is 0 Å². The van der Waals surface area contributed by atoms with Crippen molar-refractivity contribution < 1.29 is 24.9 Å². The van der Waals surface area contributed by atoms with Crippen LogP contribution in [0.25, 0.3) is 0 Å². The number of carbonyl (C=O) groups excluding carboxylic acids is 1. The second-order valence-corrected chi connectivity index (χ2v) is 4.59. The van der Waals surface area contributed by atoms with Crippen molar-refractivity contribution in [3.8, 4) is 0 Å². The maximum Gasteiger partial charge on any atom is 0.308 e. The van der Waals surface area contributed by atoms with Crippen LogP contribution in [0.2, 0.25) is 0 Å². The van der Waals surface area contributed by atoms with Gasteiger partial charge in [-0.25, -0.2) is 0 Å². The summed E-state index contributed by atoms with van der Waals surface area (Å²) in [7, 11) is 0. The second-order valence-electron chi connectivity index (χ2n) is 4.59. The Labute approximate surface area is 118 Å². The molecule has 0 aromatic heterocycles. The third kappa shape index (κ3) is 5.28. The molecule has 0 aliphatic heterocycles. The molecule has 0 bridgehead atoms. The zero-order valence-corrected chi connectivity index (χ0v) is 11.7. The van der Waals surface area contributed by atoms with Gasteiger partial charge in [-0.15, -0.1) is 0 Å². The number of hydrogen-bond acceptors (Lipinski definition) is 5. The monoisotopic (exact) mass is 282 g/mol. The predicted molar refractivity (Wildman–Crippen MR) is 74.1 cm³/mol. The molecule has 3 N–H and O–H groups in total. The van der Waals surface area contributed by atoms with Crippen LogP contribution in [-0.2, 0) is 16.0 Å². The van der Waals surface area contributed by atoms with Crippen molar-refractivity contribution in [1.29, 1.82) is 0 Å². The number of esters is 1. The van der Waals surface area contributed by atoms with E-state index in [4.69, 9.17) is 9.84 Å². The summed E-state index contributed by atoms with van der Waals surface area (Å²) in [6, 6.07) is 7.11. The number of aliphatic hydroxyl groups is 3. The van der Waals surface area contributed by atoms with Gasteiger partial charge >= 0.3 is 5.97 Å². The summed E-state index contributed by atoms with van der Waals surface area (Å²) in [4.78, 5) is 11.2. The lowest BCUT2D eigenvalue weighted by Crippen LogP contribution is -2.23. The minimum absolute atomic E-state index is 0.141. The number of hydrogen-bond donors (Lipinski definition) is 3. The van der Waals surface area contributed by atoms with Gasteiger partial charge in [-0.2, -0.15) is 0 Å². The first kappa shape index (κ1) is 16.6. The summed E-state index contributed by atoms with van der Waals surface area (Å²) < 4.78 is 4.73. The van der Waals surface area contributed by atoms with E-state index in [-0.39, 0.29) is 19.6 Å². The molecule has 2 atom stereocenters. The highest BCUT2D eigenvalue weighted by atomic mass is 16.5. The van der Waals surface area contributed by atoms with Gasteiger partial charge in [0.25, 0.3) is 0 Å². The van der Waals surface area contributed by atoms with Crippen LogP contribution in [0.5, 0.6) is 0 Å². The van der Waals surface area contributed by atoms with Gasteiger partial charge in [-0.1, -0.05) is 24.3 Å². The van der Waals surface area contributed by atoms with Gasteiger partial charge < -0.3 is 20.1 Å². The van der Waals surface area contributed by atoms with E-state index in [9.17, 15) is 15.0 Å². The molecule has 1 aromatic rings. The standard InChI is InChI=1S/C15H22O5/c1-2-20-14(18)10-13(17)15(19)12-7-5-11(6-8-12)4-3-9-16/h5-8,13,15-17,19H,2-4,9-10H2,1H3. The molecule has 0 saturated heterocycles. The quantitative estimate of drug-likeness (QED) is 0.618. The van der Waals surface area contributed by atoms with E-state index >= 15 is 0 Å². The topological polar surface area (TPSA) is 87.0 Å². The van der Waals surface area contributed by atoms with Crippen LogP contribution in [0.3, 0.4) is 0 Å². The molecule has 20 heavy (non-hydrogen) atoms. The summed E-state index contributed by atoms with van der Waals surface area (Å²) in [5.41, 5.74) is 1.60. The van der Waals surface area contributed by atoms with E-state index in [0.717, 1.165) is 12.0 Å². The zero-order chi connectivity index (χ0) is 15.0. The molecular formula is C15H22O5. The molecule has 2 unspecified atom stereocenters. The summed E-state index contributed by atoms with van der Waals surface area (Å²) in [6.07, 6.45) is -1.09. The average Bonchev–Trinajstić information content (AvgIpc) is 2.45. The lowest BCUT2D eigenvalue weighted by atomic mass is 10.00. The maximum absolute atomic E-state index is 11.2. The maximum atomic E-state index is 11.2. The van der Waals surface area contributed by atoms with Crippen molar-refractivity contribution >= 4 is 5.97 Å². The van der Waals surface area contributed by atoms with E-state index in [0.29, 0.717) is 12.0 Å². The number of benzene rings is 1. The highest BCUT2D eigenvalue weighted by Gasteiger charge is 2.21. The van der Waals surface area contributed by atoms with Crippen LogP contribution in [0.1, 0.15) is 37.0 Å². The van der Waals surface area contributed by atoms with Crippen molar-refractivity contribution in [1.82, 2.24) is 0 Å².